The maximum atomic E-state index is 5.45. The lowest BCUT2D eigenvalue weighted by molar-refractivity contribution is 0.563. The molecular weight excluding hydrogens is 200 g/mol. The third-order valence-corrected chi connectivity index (χ3v) is 2.46. The number of hydrogen-bond acceptors (Lipinski definition) is 3. The van der Waals surface area contributed by atoms with Crippen LogP contribution < -0.4 is 5.73 Å². The summed E-state index contributed by atoms with van der Waals surface area (Å²) in [6, 6.07) is 5.96. The van der Waals surface area contributed by atoms with E-state index in [1.807, 2.05) is 29.1 Å². The maximum absolute atomic E-state index is 5.45. The van der Waals surface area contributed by atoms with Crippen molar-refractivity contribution in [2.45, 2.75) is 19.4 Å². The van der Waals surface area contributed by atoms with Crippen molar-refractivity contribution in [3.05, 3.63) is 36.8 Å². The molecule has 0 aliphatic carbocycles. The standard InChI is InChI=1S/C12H16N4/c13-6-1-2-9-16-10-5-12(15-16)11-3-7-14-8-4-11/h3-5,7-8,10H,1-2,6,9,13H2. The number of aromatic nitrogens is 3. The molecule has 0 aliphatic heterocycles. The first kappa shape index (κ1) is 10.8. The van der Waals surface area contributed by atoms with Crippen LogP contribution in [-0.2, 0) is 6.54 Å². The van der Waals surface area contributed by atoms with E-state index in [2.05, 4.69) is 10.1 Å². The number of nitrogens with two attached hydrogens (primary N) is 1. The highest BCUT2D eigenvalue weighted by molar-refractivity contribution is 5.57. The van der Waals surface area contributed by atoms with Gasteiger partial charge in [-0.1, -0.05) is 0 Å². The summed E-state index contributed by atoms with van der Waals surface area (Å²) in [6.07, 6.45) is 7.69. The zero-order valence-electron chi connectivity index (χ0n) is 9.21. The summed E-state index contributed by atoms with van der Waals surface area (Å²) in [5, 5.41) is 4.50. The Morgan fingerprint density at radius 1 is 1.12 bits per heavy atom. The summed E-state index contributed by atoms with van der Waals surface area (Å²) in [5.74, 6) is 0. The Morgan fingerprint density at radius 3 is 2.69 bits per heavy atom. The van der Waals surface area contributed by atoms with Crippen molar-refractivity contribution in [2.75, 3.05) is 6.54 Å². The Balaban J connectivity index is 2.02. The van der Waals surface area contributed by atoms with Gasteiger partial charge < -0.3 is 5.73 Å². The summed E-state index contributed by atoms with van der Waals surface area (Å²) >= 11 is 0. The van der Waals surface area contributed by atoms with Gasteiger partial charge in [-0.15, -0.1) is 0 Å². The first-order valence-electron chi connectivity index (χ1n) is 5.54. The number of nitrogens with zero attached hydrogens (tertiary/aromatic N) is 3. The molecule has 0 spiro atoms. The topological polar surface area (TPSA) is 56.7 Å². The van der Waals surface area contributed by atoms with Gasteiger partial charge in [0.2, 0.25) is 0 Å². The SMILES string of the molecule is NCCCCn1ccc(-c2ccncc2)n1. The Bertz CT molecular complexity index is 422. The molecule has 2 heterocycles. The van der Waals surface area contributed by atoms with E-state index in [1.54, 1.807) is 12.4 Å². The second-order valence-corrected chi connectivity index (χ2v) is 3.70. The van der Waals surface area contributed by atoms with Crippen LogP contribution in [0.25, 0.3) is 11.3 Å². The molecule has 84 valence electrons. The highest BCUT2D eigenvalue weighted by Gasteiger charge is 2.01. The van der Waals surface area contributed by atoms with Crippen LogP contribution in [0.15, 0.2) is 36.8 Å². The average molecular weight is 216 g/mol. The fourth-order valence-electron chi connectivity index (χ4n) is 1.58. The molecule has 2 N–H and O–H groups in total. The van der Waals surface area contributed by atoms with Crippen molar-refractivity contribution in [3.8, 4) is 11.3 Å². The molecule has 0 saturated heterocycles. The van der Waals surface area contributed by atoms with Crippen LogP contribution in [-0.4, -0.2) is 21.3 Å². The fraction of sp³-hybridized carbons (Fsp3) is 0.333. The van der Waals surface area contributed by atoms with E-state index in [0.29, 0.717) is 0 Å². The molecule has 4 nitrogen and oxygen atoms in total. The number of hydrogen-bond donors (Lipinski definition) is 1. The van der Waals surface area contributed by atoms with Crippen molar-refractivity contribution in [1.82, 2.24) is 14.8 Å². The van der Waals surface area contributed by atoms with E-state index < -0.39 is 0 Å². The molecule has 2 aromatic heterocycles. The van der Waals surface area contributed by atoms with Gasteiger partial charge in [-0.3, -0.25) is 9.67 Å². The van der Waals surface area contributed by atoms with E-state index in [0.717, 1.165) is 37.2 Å². The number of unbranched alkanes of at least 4 members (excludes halogenated alkanes) is 1. The maximum Gasteiger partial charge on any atom is 0.0924 e. The van der Waals surface area contributed by atoms with Gasteiger partial charge >= 0.3 is 0 Å². The van der Waals surface area contributed by atoms with Crippen LogP contribution in [0.3, 0.4) is 0 Å². The van der Waals surface area contributed by atoms with Crippen molar-refractivity contribution >= 4 is 0 Å². The monoisotopic (exact) mass is 216 g/mol. The average Bonchev–Trinajstić information content (AvgIpc) is 2.79. The van der Waals surface area contributed by atoms with Crippen LogP contribution in [0.4, 0.5) is 0 Å². The first-order valence-corrected chi connectivity index (χ1v) is 5.54. The van der Waals surface area contributed by atoms with Crippen LogP contribution in [0.1, 0.15) is 12.8 Å². The fourth-order valence-corrected chi connectivity index (χ4v) is 1.58. The largest absolute Gasteiger partial charge is 0.330 e. The third kappa shape index (κ3) is 2.67. The number of rotatable bonds is 5. The van der Waals surface area contributed by atoms with Gasteiger partial charge in [0.25, 0.3) is 0 Å². The quantitative estimate of drug-likeness (QED) is 0.774. The predicted molar refractivity (Wildman–Crippen MR) is 63.7 cm³/mol. The second-order valence-electron chi connectivity index (χ2n) is 3.70. The Morgan fingerprint density at radius 2 is 1.94 bits per heavy atom. The molecule has 4 heteroatoms. The lowest BCUT2D eigenvalue weighted by atomic mass is 10.2. The van der Waals surface area contributed by atoms with E-state index in [-0.39, 0.29) is 0 Å². The minimum absolute atomic E-state index is 0.748. The van der Waals surface area contributed by atoms with E-state index in [1.165, 1.54) is 0 Å². The molecular formula is C12H16N4. The van der Waals surface area contributed by atoms with E-state index in [4.69, 9.17) is 5.73 Å². The molecule has 0 atom stereocenters. The molecule has 0 unspecified atom stereocenters. The second kappa shape index (κ2) is 5.42. The predicted octanol–water partition coefficient (Wildman–Crippen LogP) is 1.68. The van der Waals surface area contributed by atoms with Gasteiger partial charge in [0, 0.05) is 30.7 Å². The Hall–Kier alpha value is -1.68. The van der Waals surface area contributed by atoms with Crippen molar-refractivity contribution in [1.29, 1.82) is 0 Å². The van der Waals surface area contributed by atoms with E-state index >= 15 is 0 Å². The summed E-state index contributed by atoms with van der Waals surface area (Å²) < 4.78 is 1.96. The molecule has 0 fully saturated rings. The highest BCUT2D eigenvalue weighted by atomic mass is 15.3. The lowest BCUT2D eigenvalue weighted by Crippen LogP contribution is -2.03. The van der Waals surface area contributed by atoms with E-state index in [9.17, 15) is 0 Å². The van der Waals surface area contributed by atoms with Gasteiger partial charge in [-0.05, 0) is 37.6 Å². The van der Waals surface area contributed by atoms with Gasteiger partial charge in [0.15, 0.2) is 0 Å². The zero-order chi connectivity index (χ0) is 11.2. The van der Waals surface area contributed by atoms with Gasteiger partial charge in [-0.25, -0.2) is 0 Å². The molecule has 0 bridgehead atoms. The molecule has 0 saturated carbocycles. The van der Waals surface area contributed by atoms with Crippen LogP contribution in [0.2, 0.25) is 0 Å². The smallest absolute Gasteiger partial charge is 0.0924 e. The van der Waals surface area contributed by atoms with Crippen molar-refractivity contribution < 1.29 is 0 Å². The molecule has 0 amide bonds. The number of pyridine rings is 1. The van der Waals surface area contributed by atoms with Crippen LogP contribution in [0, 0.1) is 0 Å². The normalized spacial score (nSPS) is 10.6. The van der Waals surface area contributed by atoms with Crippen molar-refractivity contribution in [3.63, 3.8) is 0 Å². The van der Waals surface area contributed by atoms with Crippen LogP contribution >= 0.6 is 0 Å². The minimum atomic E-state index is 0.748. The minimum Gasteiger partial charge on any atom is -0.330 e. The summed E-state index contributed by atoms with van der Waals surface area (Å²) in [5.41, 5.74) is 7.55. The zero-order valence-corrected chi connectivity index (χ0v) is 9.21. The summed E-state index contributed by atoms with van der Waals surface area (Å²) in [7, 11) is 0. The molecule has 2 aromatic rings. The van der Waals surface area contributed by atoms with Crippen molar-refractivity contribution in [2.24, 2.45) is 5.73 Å². The van der Waals surface area contributed by atoms with Gasteiger partial charge in [-0.2, -0.15) is 5.10 Å². The highest BCUT2D eigenvalue weighted by Crippen LogP contribution is 2.15. The Labute approximate surface area is 95.1 Å². The molecule has 0 aromatic carbocycles. The molecule has 0 aliphatic rings. The molecule has 16 heavy (non-hydrogen) atoms. The number of aryl methyl sites for hydroxylation is 1. The lowest BCUT2D eigenvalue weighted by Gasteiger charge is -1.99. The summed E-state index contributed by atoms with van der Waals surface area (Å²) in [6.45, 7) is 1.68. The summed E-state index contributed by atoms with van der Waals surface area (Å²) in [4.78, 5) is 3.99. The third-order valence-electron chi connectivity index (χ3n) is 2.46. The van der Waals surface area contributed by atoms with Gasteiger partial charge in [0.05, 0.1) is 5.69 Å². The first-order chi connectivity index (χ1) is 7.90. The Kier molecular flexibility index (Phi) is 3.66. The molecule has 2 rings (SSSR count). The van der Waals surface area contributed by atoms with Crippen LogP contribution in [0.5, 0.6) is 0 Å². The molecule has 0 radical (unpaired) electrons. The van der Waals surface area contributed by atoms with Gasteiger partial charge in [0.1, 0.15) is 0 Å².